The Bertz CT molecular complexity index is 617. The van der Waals surface area contributed by atoms with Crippen LogP contribution in [0.3, 0.4) is 0 Å². The first kappa shape index (κ1) is 13.3. The van der Waals surface area contributed by atoms with Crippen molar-refractivity contribution < 1.29 is 22.4 Å². The van der Waals surface area contributed by atoms with Crippen LogP contribution >= 0.6 is 0 Å². The molecule has 2 aromatic rings. The van der Waals surface area contributed by atoms with Gasteiger partial charge in [0.15, 0.2) is 0 Å². The van der Waals surface area contributed by atoms with Gasteiger partial charge in [-0.05, 0) is 23.8 Å². The van der Waals surface area contributed by atoms with Gasteiger partial charge >= 0.3 is 6.18 Å². The van der Waals surface area contributed by atoms with E-state index in [1.165, 1.54) is 18.2 Å². The Morgan fingerprint density at radius 1 is 0.947 bits per heavy atom. The van der Waals surface area contributed by atoms with Crippen LogP contribution in [0, 0.1) is 5.82 Å². The summed E-state index contributed by atoms with van der Waals surface area (Å²) in [6.07, 6.45) is -4.19. The molecule has 0 heterocycles. The molecule has 0 aromatic heterocycles. The smallest absolute Gasteiger partial charge is 0.298 e. The van der Waals surface area contributed by atoms with E-state index in [1.54, 1.807) is 0 Å². The molecule has 0 radical (unpaired) electrons. The summed E-state index contributed by atoms with van der Waals surface area (Å²) < 4.78 is 52.3. The van der Waals surface area contributed by atoms with Gasteiger partial charge in [0.25, 0.3) is 0 Å². The van der Waals surface area contributed by atoms with Gasteiger partial charge in [-0.3, -0.25) is 4.79 Å². The number of hydrogen-bond donors (Lipinski definition) is 0. The lowest BCUT2D eigenvalue weighted by molar-refractivity contribution is -0.137. The second-order valence-corrected chi connectivity index (χ2v) is 3.90. The molecule has 0 spiro atoms. The van der Waals surface area contributed by atoms with Crippen LogP contribution in [0.15, 0.2) is 42.5 Å². The molecule has 0 saturated heterocycles. The van der Waals surface area contributed by atoms with Gasteiger partial charge in [-0.2, -0.15) is 13.2 Å². The third-order valence-corrected chi connectivity index (χ3v) is 2.65. The van der Waals surface area contributed by atoms with Gasteiger partial charge in [-0.25, -0.2) is 4.39 Å². The highest BCUT2D eigenvalue weighted by molar-refractivity contribution is 5.80. The Labute approximate surface area is 106 Å². The fraction of sp³-hybridized carbons (Fsp3) is 0.0714. The zero-order valence-electron chi connectivity index (χ0n) is 9.54. The monoisotopic (exact) mass is 268 g/mol. The molecule has 19 heavy (non-hydrogen) atoms. The molecule has 0 fully saturated rings. The van der Waals surface area contributed by atoms with Crippen molar-refractivity contribution in [2.75, 3.05) is 0 Å². The van der Waals surface area contributed by atoms with Crippen molar-refractivity contribution in [2.24, 2.45) is 0 Å². The number of carbonyl (C=O) groups is 1. The molecule has 0 N–H and O–H groups in total. The van der Waals surface area contributed by atoms with E-state index in [4.69, 9.17) is 0 Å². The van der Waals surface area contributed by atoms with E-state index in [9.17, 15) is 22.4 Å². The predicted molar refractivity (Wildman–Crippen MR) is 62.2 cm³/mol. The molecule has 0 amide bonds. The van der Waals surface area contributed by atoms with E-state index in [2.05, 4.69) is 0 Å². The topological polar surface area (TPSA) is 17.1 Å². The number of benzene rings is 2. The summed E-state index contributed by atoms with van der Waals surface area (Å²) in [6, 6.07) is 8.01. The second-order valence-electron chi connectivity index (χ2n) is 3.90. The van der Waals surface area contributed by atoms with Gasteiger partial charge in [0.2, 0.25) is 0 Å². The van der Waals surface area contributed by atoms with Gasteiger partial charge in [0.05, 0.1) is 5.56 Å². The Balaban J connectivity index is 2.73. The molecular formula is C14H8F4O. The third-order valence-electron chi connectivity index (χ3n) is 2.65. The minimum absolute atomic E-state index is 0.0613. The van der Waals surface area contributed by atoms with Gasteiger partial charge < -0.3 is 0 Å². The maximum absolute atomic E-state index is 13.6. The third kappa shape index (κ3) is 2.65. The lowest BCUT2D eigenvalue weighted by Crippen LogP contribution is -2.08. The normalized spacial score (nSPS) is 11.4. The molecule has 2 aromatic carbocycles. The molecule has 0 aliphatic carbocycles. The summed E-state index contributed by atoms with van der Waals surface area (Å²) in [5, 5.41) is 0. The van der Waals surface area contributed by atoms with Crippen molar-refractivity contribution in [3.8, 4) is 11.1 Å². The van der Waals surface area contributed by atoms with Crippen LogP contribution in [0.2, 0.25) is 0 Å². The molecule has 0 aliphatic heterocycles. The highest BCUT2D eigenvalue weighted by Crippen LogP contribution is 2.38. The summed E-state index contributed by atoms with van der Waals surface area (Å²) in [4.78, 5) is 10.7. The molecule has 5 heteroatoms. The minimum Gasteiger partial charge on any atom is -0.298 e. The zero-order valence-corrected chi connectivity index (χ0v) is 9.54. The highest BCUT2D eigenvalue weighted by atomic mass is 19.4. The molecule has 0 saturated carbocycles. The van der Waals surface area contributed by atoms with E-state index in [0.717, 1.165) is 24.3 Å². The van der Waals surface area contributed by atoms with E-state index < -0.39 is 17.6 Å². The molecule has 0 atom stereocenters. The lowest BCUT2D eigenvalue weighted by Gasteiger charge is -2.14. The Hall–Kier alpha value is -2.17. The quantitative estimate of drug-likeness (QED) is 0.585. The van der Waals surface area contributed by atoms with Crippen LogP contribution in [-0.2, 0) is 6.18 Å². The Kier molecular flexibility index (Phi) is 3.38. The first-order chi connectivity index (χ1) is 8.93. The number of rotatable bonds is 2. The largest absolute Gasteiger partial charge is 0.417 e. The molecule has 2 rings (SSSR count). The molecule has 0 unspecified atom stereocenters. The second kappa shape index (κ2) is 4.84. The summed E-state index contributed by atoms with van der Waals surface area (Å²) in [5.41, 5.74) is -1.43. The molecular weight excluding hydrogens is 260 g/mol. The Morgan fingerprint density at radius 3 is 2.21 bits per heavy atom. The van der Waals surface area contributed by atoms with Crippen molar-refractivity contribution in [1.82, 2.24) is 0 Å². The van der Waals surface area contributed by atoms with Crippen molar-refractivity contribution in [2.45, 2.75) is 6.18 Å². The summed E-state index contributed by atoms with van der Waals surface area (Å²) in [5.74, 6) is -0.768. The van der Waals surface area contributed by atoms with Gasteiger partial charge in [0, 0.05) is 11.1 Å². The van der Waals surface area contributed by atoms with Crippen LogP contribution in [-0.4, -0.2) is 6.29 Å². The maximum atomic E-state index is 13.6. The number of aldehydes is 1. The summed E-state index contributed by atoms with van der Waals surface area (Å²) in [6.45, 7) is 0. The van der Waals surface area contributed by atoms with E-state index >= 15 is 0 Å². The fourth-order valence-electron chi connectivity index (χ4n) is 1.78. The van der Waals surface area contributed by atoms with Crippen LogP contribution < -0.4 is 0 Å². The fourth-order valence-corrected chi connectivity index (χ4v) is 1.78. The highest BCUT2D eigenvalue weighted by Gasteiger charge is 2.34. The minimum atomic E-state index is -4.61. The number of halogens is 4. The van der Waals surface area contributed by atoms with E-state index in [-0.39, 0.29) is 16.7 Å². The molecule has 0 aliphatic rings. The number of carbonyl (C=O) groups excluding carboxylic acids is 1. The van der Waals surface area contributed by atoms with Gasteiger partial charge in [-0.15, -0.1) is 0 Å². The van der Waals surface area contributed by atoms with E-state index in [0.29, 0.717) is 6.29 Å². The van der Waals surface area contributed by atoms with Crippen molar-refractivity contribution in [3.63, 3.8) is 0 Å². The van der Waals surface area contributed by atoms with Crippen LogP contribution in [0.1, 0.15) is 15.9 Å². The first-order valence-corrected chi connectivity index (χ1v) is 5.35. The summed E-state index contributed by atoms with van der Waals surface area (Å²) >= 11 is 0. The van der Waals surface area contributed by atoms with Crippen molar-refractivity contribution >= 4 is 6.29 Å². The van der Waals surface area contributed by atoms with Crippen molar-refractivity contribution in [1.29, 1.82) is 0 Å². The van der Waals surface area contributed by atoms with Crippen LogP contribution in [0.25, 0.3) is 11.1 Å². The predicted octanol–water partition coefficient (Wildman–Crippen LogP) is 4.32. The SMILES string of the molecule is O=Cc1ccc(C(F)(F)F)c(-c2ccccc2F)c1. The summed E-state index contributed by atoms with van der Waals surface area (Å²) in [7, 11) is 0. The average Bonchev–Trinajstić information content (AvgIpc) is 2.37. The van der Waals surface area contributed by atoms with Crippen LogP contribution in [0.5, 0.6) is 0 Å². The van der Waals surface area contributed by atoms with Crippen LogP contribution in [0.4, 0.5) is 17.6 Å². The number of hydrogen-bond acceptors (Lipinski definition) is 1. The van der Waals surface area contributed by atoms with E-state index in [1.807, 2.05) is 0 Å². The lowest BCUT2D eigenvalue weighted by atomic mass is 9.97. The molecule has 1 nitrogen and oxygen atoms in total. The first-order valence-electron chi connectivity index (χ1n) is 5.35. The van der Waals surface area contributed by atoms with Crippen molar-refractivity contribution in [3.05, 3.63) is 59.4 Å². The van der Waals surface area contributed by atoms with Gasteiger partial charge in [0.1, 0.15) is 12.1 Å². The number of alkyl halides is 3. The average molecular weight is 268 g/mol. The standard InChI is InChI=1S/C14H8F4O/c15-13-4-2-1-3-10(13)11-7-9(8-19)5-6-12(11)14(16,17)18/h1-8H. The molecule has 98 valence electrons. The Morgan fingerprint density at radius 2 is 1.63 bits per heavy atom. The zero-order chi connectivity index (χ0) is 14.0. The maximum Gasteiger partial charge on any atom is 0.417 e. The molecule has 0 bridgehead atoms. The van der Waals surface area contributed by atoms with Gasteiger partial charge in [-0.1, -0.05) is 24.3 Å².